The molecular formula is C13H9BrF2O. The van der Waals surface area contributed by atoms with Crippen LogP contribution in [0.5, 0.6) is 11.5 Å². The molecule has 88 valence electrons. The Morgan fingerprint density at radius 1 is 1.00 bits per heavy atom. The fraction of sp³-hybridized carbons (Fsp3) is 0.0769. The van der Waals surface area contributed by atoms with Crippen molar-refractivity contribution < 1.29 is 13.5 Å². The molecule has 0 aromatic heterocycles. The Labute approximate surface area is 106 Å². The van der Waals surface area contributed by atoms with Gasteiger partial charge in [-0.1, -0.05) is 22.0 Å². The minimum atomic E-state index is -0.336. The second-order valence-electron chi connectivity index (χ2n) is 3.41. The normalized spacial score (nSPS) is 10.3. The van der Waals surface area contributed by atoms with Gasteiger partial charge in [0.15, 0.2) is 0 Å². The number of rotatable bonds is 3. The molecule has 0 aliphatic heterocycles. The molecule has 0 amide bonds. The average molecular weight is 299 g/mol. The highest BCUT2D eigenvalue weighted by Gasteiger charge is 2.08. The van der Waals surface area contributed by atoms with E-state index in [2.05, 4.69) is 15.9 Å². The predicted octanol–water partition coefficient (Wildman–Crippen LogP) is 4.65. The number of alkyl halides is 1. The molecule has 1 nitrogen and oxygen atoms in total. The van der Waals surface area contributed by atoms with Gasteiger partial charge in [0.1, 0.15) is 23.1 Å². The Kier molecular flexibility index (Phi) is 3.74. The Morgan fingerprint density at radius 3 is 2.35 bits per heavy atom. The van der Waals surface area contributed by atoms with Gasteiger partial charge < -0.3 is 4.74 Å². The number of ether oxygens (including phenoxy) is 1. The van der Waals surface area contributed by atoms with Crippen molar-refractivity contribution in [1.82, 2.24) is 0 Å². The van der Waals surface area contributed by atoms with Gasteiger partial charge in [-0.25, -0.2) is 8.78 Å². The van der Waals surface area contributed by atoms with E-state index in [1.54, 1.807) is 12.1 Å². The third-order valence-corrected chi connectivity index (χ3v) is 2.81. The first-order valence-electron chi connectivity index (χ1n) is 4.97. The minimum absolute atomic E-state index is 0.332. The van der Waals surface area contributed by atoms with Crippen LogP contribution in [-0.4, -0.2) is 0 Å². The van der Waals surface area contributed by atoms with Crippen molar-refractivity contribution in [3.63, 3.8) is 0 Å². The van der Waals surface area contributed by atoms with Crippen LogP contribution in [0.4, 0.5) is 8.78 Å². The quantitative estimate of drug-likeness (QED) is 0.749. The zero-order valence-corrected chi connectivity index (χ0v) is 10.4. The highest BCUT2D eigenvalue weighted by Crippen LogP contribution is 2.28. The van der Waals surface area contributed by atoms with Gasteiger partial charge >= 0.3 is 0 Å². The zero-order chi connectivity index (χ0) is 12.3. The van der Waals surface area contributed by atoms with Gasteiger partial charge in [-0.15, -0.1) is 0 Å². The lowest BCUT2D eigenvalue weighted by atomic mass is 10.2. The zero-order valence-electron chi connectivity index (χ0n) is 8.79. The summed E-state index contributed by atoms with van der Waals surface area (Å²) in [6, 6.07) is 10.2. The topological polar surface area (TPSA) is 9.23 Å². The molecule has 0 N–H and O–H groups in total. The Hall–Kier alpha value is -1.42. The number of halogens is 3. The van der Waals surface area contributed by atoms with Crippen LogP contribution in [0.25, 0.3) is 0 Å². The van der Waals surface area contributed by atoms with E-state index < -0.39 is 0 Å². The molecule has 0 aliphatic rings. The molecule has 4 heteroatoms. The lowest BCUT2D eigenvalue weighted by Crippen LogP contribution is -1.93. The smallest absolute Gasteiger partial charge is 0.134 e. The van der Waals surface area contributed by atoms with E-state index in [9.17, 15) is 8.78 Å². The molecule has 0 unspecified atom stereocenters. The molecule has 0 saturated heterocycles. The minimum Gasteiger partial charge on any atom is -0.457 e. The Bertz CT molecular complexity index is 511. The van der Waals surface area contributed by atoms with E-state index in [0.717, 1.165) is 0 Å². The average Bonchev–Trinajstić information content (AvgIpc) is 2.32. The molecule has 2 aromatic rings. The Balaban J connectivity index is 2.29. The van der Waals surface area contributed by atoms with Gasteiger partial charge in [-0.2, -0.15) is 0 Å². The van der Waals surface area contributed by atoms with Crippen LogP contribution in [0.3, 0.4) is 0 Å². The fourth-order valence-electron chi connectivity index (χ4n) is 1.39. The van der Waals surface area contributed by atoms with Gasteiger partial charge in [0.2, 0.25) is 0 Å². The first-order chi connectivity index (χ1) is 8.20. The molecule has 2 rings (SSSR count). The maximum absolute atomic E-state index is 13.4. The second kappa shape index (κ2) is 5.27. The molecule has 0 fully saturated rings. The summed E-state index contributed by atoms with van der Waals surface area (Å²) in [5.41, 5.74) is 0.442. The summed E-state index contributed by atoms with van der Waals surface area (Å²) in [5.74, 6) is 0.228. The molecule has 0 radical (unpaired) electrons. The highest BCUT2D eigenvalue weighted by atomic mass is 79.9. The number of benzene rings is 2. The van der Waals surface area contributed by atoms with Crippen LogP contribution in [-0.2, 0) is 5.33 Å². The van der Waals surface area contributed by atoms with Gasteiger partial charge in [-0.3, -0.25) is 0 Å². The van der Waals surface area contributed by atoms with Crippen molar-refractivity contribution in [3.8, 4) is 11.5 Å². The summed E-state index contributed by atoms with van der Waals surface area (Å²) in [4.78, 5) is 0. The van der Waals surface area contributed by atoms with Gasteiger partial charge in [0, 0.05) is 10.9 Å². The Morgan fingerprint density at radius 2 is 1.71 bits per heavy atom. The van der Waals surface area contributed by atoms with Crippen molar-refractivity contribution in [2.75, 3.05) is 0 Å². The van der Waals surface area contributed by atoms with E-state index in [4.69, 9.17) is 4.74 Å². The maximum atomic E-state index is 13.4. The summed E-state index contributed by atoms with van der Waals surface area (Å²) < 4.78 is 31.7. The van der Waals surface area contributed by atoms with Crippen LogP contribution in [0.15, 0.2) is 42.5 Å². The third-order valence-electron chi connectivity index (χ3n) is 2.25. The largest absolute Gasteiger partial charge is 0.457 e. The molecule has 0 heterocycles. The molecule has 0 atom stereocenters. The van der Waals surface area contributed by atoms with Crippen LogP contribution >= 0.6 is 15.9 Å². The standard InChI is InChI=1S/C13H9BrF2O/c14-8-11-12(16)2-1-3-13(11)17-10-6-4-9(15)5-7-10/h1-7H,8H2. The van der Waals surface area contributed by atoms with E-state index in [0.29, 0.717) is 22.4 Å². The lowest BCUT2D eigenvalue weighted by Gasteiger charge is -2.10. The number of hydrogen-bond donors (Lipinski definition) is 0. The summed E-state index contributed by atoms with van der Waals surface area (Å²) in [5, 5.41) is 0.357. The van der Waals surface area contributed by atoms with Crippen molar-refractivity contribution in [2.45, 2.75) is 5.33 Å². The molecule has 0 spiro atoms. The predicted molar refractivity (Wildman–Crippen MR) is 65.5 cm³/mol. The van der Waals surface area contributed by atoms with Crippen LogP contribution in [0, 0.1) is 11.6 Å². The van der Waals surface area contributed by atoms with E-state index in [-0.39, 0.29) is 11.6 Å². The molecule has 17 heavy (non-hydrogen) atoms. The molecule has 0 bridgehead atoms. The maximum Gasteiger partial charge on any atom is 0.134 e. The summed E-state index contributed by atoms with van der Waals surface area (Å²) >= 11 is 3.20. The van der Waals surface area contributed by atoms with E-state index in [1.807, 2.05) is 0 Å². The fourth-order valence-corrected chi connectivity index (χ4v) is 1.94. The van der Waals surface area contributed by atoms with E-state index in [1.165, 1.54) is 30.3 Å². The van der Waals surface area contributed by atoms with Crippen LogP contribution in [0.2, 0.25) is 0 Å². The van der Waals surface area contributed by atoms with Gasteiger partial charge in [0.05, 0.1) is 0 Å². The molecular weight excluding hydrogens is 290 g/mol. The summed E-state index contributed by atoms with van der Waals surface area (Å²) in [7, 11) is 0. The van der Waals surface area contributed by atoms with Crippen LogP contribution < -0.4 is 4.74 Å². The van der Waals surface area contributed by atoms with Crippen molar-refractivity contribution in [3.05, 3.63) is 59.7 Å². The molecule has 0 saturated carbocycles. The first kappa shape index (κ1) is 12.0. The first-order valence-corrected chi connectivity index (χ1v) is 6.09. The third kappa shape index (κ3) is 2.82. The highest BCUT2D eigenvalue weighted by molar-refractivity contribution is 9.08. The monoisotopic (exact) mass is 298 g/mol. The summed E-state index contributed by atoms with van der Waals surface area (Å²) in [6.07, 6.45) is 0. The van der Waals surface area contributed by atoms with E-state index >= 15 is 0 Å². The van der Waals surface area contributed by atoms with Crippen molar-refractivity contribution >= 4 is 15.9 Å². The van der Waals surface area contributed by atoms with Crippen LogP contribution in [0.1, 0.15) is 5.56 Å². The molecule has 2 aromatic carbocycles. The lowest BCUT2D eigenvalue weighted by molar-refractivity contribution is 0.469. The SMILES string of the molecule is Fc1ccc(Oc2cccc(F)c2CBr)cc1. The van der Waals surface area contributed by atoms with Gasteiger partial charge in [-0.05, 0) is 36.4 Å². The number of hydrogen-bond acceptors (Lipinski definition) is 1. The van der Waals surface area contributed by atoms with Crippen molar-refractivity contribution in [2.24, 2.45) is 0 Å². The second-order valence-corrected chi connectivity index (χ2v) is 3.97. The summed E-state index contributed by atoms with van der Waals surface area (Å²) in [6.45, 7) is 0. The molecule has 0 aliphatic carbocycles. The van der Waals surface area contributed by atoms with Crippen molar-refractivity contribution in [1.29, 1.82) is 0 Å². The van der Waals surface area contributed by atoms with Gasteiger partial charge in [0.25, 0.3) is 0 Å².